The van der Waals surface area contributed by atoms with E-state index in [0.717, 1.165) is 56.9 Å². The van der Waals surface area contributed by atoms with Crippen LogP contribution in [0.25, 0.3) is 0 Å². The lowest BCUT2D eigenvalue weighted by Gasteiger charge is -2.63. The SMILES string of the molecule is CC1CC(C)(C)CC[C@]1(CCC(=O)N1CC[C@H](O)C1)CC[C@]1(C)CC(=O)C=C2[C@@]3(C)C=C(C#N)C(=O)C(C)(C)[C@@H]3CC[C@]21C. The molecule has 0 bridgehead atoms. The zero-order valence-electron chi connectivity index (χ0n) is 28.6. The van der Waals surface area contributed by atoms with Crippen LogP contribution in [0.1, 0.15) is 126 Å². The van der Waals surface area contributed by atoms with Crippen molar-refractivity contribution in [1.82, 2.24) is 4.90 Å². The Morgan fingerprint density at radius 2 is 1.73 bits per heavy atom. The third kappa shape index (κ3) is 5.23. The second-order valence-corrected chi connectivity index (χ2v) is 17.6. The minimum atomic E-state index is -0.667. The summed E-state index contributed by atoms with van der Waals surface area (Å²) in [4.78, 5) is 42.0. The lowest BCUT2D eigenvalue weighted by molar-refractivity contribution is -0.133. The maximum Gasteiger partial charge on any atom is 0.222 e. The highest BCUT2D eigenvalue weighted by Crippen LogP contribution is 2.69. The van der Waals surface area contributed by atoms with E-state index in [-0.39, 0.29) is 50.6 Å². The van der Waals surface area contributed by atoms with Crippen molar-refractivity contribution in [2.45, 2.75) is 132 Å². The molecule has 6 nitrogen and oxygen atoms in total. The normalized spacial score (nSPS) is 41.3. The number of β-amino-alcohol motifs (C(OH)–C–C–N with tert-alkyl or cyclic N) is 1. The van der Waals surface area contributed by atoms with Crippen LogP contribution in [0.15, 0.2) is 23.3 Å². The standard InChI is InChI=1S/C38H56N2O4/c1-25-20-33(2,3)14-16-38(25,13-10-31(43)40-18-11-27(41)24-40)17-15-35(6)22-28(42)19-30-36(7)21-26(23-39)32(44)34(4,5)29(36)9-12-37(30,35)8/h19,21,25,27,29,41H,9-18,20,22,24H2,1-8H3/t25?,27-,29-,35+,36-,37+,38+/m0/s1. The number of nitriles is 1. The molecule has 0 aromatic carbocycles. The minimum Gasteiger partial charge on any atom is -0.391 e. The van der Waals surface area contributed by atoms with Gasteiger partial charge in [0.15, 0.2) is 11.6 Å². The Kier molecular flexibility index (Phi) is 8.22. The van der Waals surface area contributed by atoms with E-state index in [4.69, 9.17) is 0 Å². The summed E-state index contributed by atoms with van der Waals surface area (Å²) in [6.45, 7) is 19.0. The fraction of sp³-hybridized carbons (Fsp3) is 0.789. The number of carbonyl (C=O) groups excluding carboxylic acids is 3. The molecule has 242 valence electrons. The highest BCUT2D eigenvalue weighted by Gasteiger charge is 2.63. The smallest absolute Gasteiger partial charge is 0.222 e. The fourth-order valence-electron chi connectivity index (χ4n) is 10.8. The van der Waals surface area contributed by atoms with Crippen LogP contribution < -0.4 is 0 Å². The number of rotatable bonds is 6. The van der Waals surface area contributed by atoms with Gasteiger partial charge < -0.3 is 10.0 Å². The molecule has 1 N–H and O–H groups in total. The van der Waals surface area contributed by atoms with E-state index in [0.29, 0.717) is 38.3 Å². The number of Topliss-reactive ketones (excluding diaryl/α,β-unsaturated/α-hetero) is 1. The Morgan fingerprint density at radius 3 is 2.34 bits per heavy atom. The number of nitrogens with zero attached hydrogens (tertiary/aromatic N) is 2. The van der Waals surface area contributed by atoms with E-state index in [1.807, 2.05) is 30.9 Å². The summed E-state index contributed by atoms with van der Waals surface area (Å²) >= 11 is 0. The number of aliphatic hydroxyl groups excluding tert-OH is 1. The summed E-state index contributed by atoms with van der Waals surface area (Å²) in [6, 6.07) is 2.19. The third-order valence-corrected chi connectivity index (χ3v) is 14.0. The van der Waals surface area contributed by atoms with Crippen molar-refractivity contribution >= 4 is 17.5 Å². The summed E-state index contributed by atoms with van der Waals surface area (Å²) < 4.78 is 0. The quantitative estimate of drug-likeness (QED) is 0.342. The lowest BCUT2D eigenvalue weighted by atomic mass is 9.40. The van der Waals surface area contributed by atoms with Crippen molar-refractivity contribution in [3.63, 3.8) is 0 Å². The first-order chi connectivity index (χ1) is 20.3. The number of aliphatic hydroxyl groups is 1. The van der Waals surface area contributed by atoms with Crippen LogP contribution in [-0.4, -0.2) is 46.7 Å². The third-order valence-electron chi connectivity index (χ3n) is 14.0. The Hall–Kier alpha value is -2.26. The summed E-state index contributed by atoms with van der Waals surface area (Å²) in [5, 5.41) is 20.0. The van der Waals surface area contributed by atoms with Crippen molar-refractivity contribution in [1.29, 1.82) is 5.26 Å². The summed E-state index contributed by atoms with van der Waals surface area (Å²) in [6.07, 6.45) is 13.0. The predicted molar refractivity (Wildman–Crippen MR) is 172 cm³/mol. The number of hydrogen-bond acceptors (Lipinski definition) is 5. The lowest BCUT2D eigenvalue weighted by Crippen LogP contribution is -2.58. The molecule has 4 aliphatic carbocycles. The van der Waals surface area contributed by atoms with Crippen LogP contribution in [0.4, 0.5) is 0 Å². The van der Waals surface area contributed by atoms with Crippen molar-refractivity contribution < 1.29 is 19.5 Å². The first-order valence-electron chi connectivity index (χ1n) is 17.2. The fourth-order valence-corrected chi connectivity index (χ4v) is 10.8. The molecule has 1 aliphatic heterocycles. The molecule has 3 fully saturated rings. The number of fused-ring (bicyclic) bond motifs is 3. The molecule has 1 amide bonds. The average molecular weight is 605 g/mol. The maximum atomic E-state index is 13.6. The van der Waals surface area contributed by atoms with Gasteiger partial charge in [0.25, 0.3) is 0 Å². The first-order valence-corrected chi connectivity index (χ1v) is 17.2. The van der Waals surface area contributed by atoms with Gasteiger partial charge in [-0.05, 0) is 97.4 Å². The summed E-state index contributed by atoms with van der Waals surface area (Å²) in [5.41, 5.74) is -0.0478. The molecule has 6 heteroatoms. The Labute approximate surface area is 265 Å². The molecule has 5 aliphatic rings. The summed E-state index contributed by atoms with van der Waals surface area (Å²) in [5.74, 6) is 0.739. The molecule has 0 radical (unpaired) electrons. The molecule has 1 heterocycles. The van der Waals surface area contributed by atoms with Gasteiger partial charge in [-0.3, -0.25) is 14.4 Å². The van der Waals surface area contributed by atoms with Crippen LogP contribution in [0.5, 0.6) is 0 Å². The zero-order valence-corrected chi connectivity index (χ0v) is 28.6. The van der Waals surface area contributed by atoms with Gasteiger partial charge in [0.05, 0.1) is 11.7 Å². The number of ketones is 2. The highest BCUT2D eigenvalue weighted by atomic mass is 16.3. The van der Waals surface area contributed by atoms with Crippen molar-refractivity contribution in [3.8, 4) is 6.07 Å². The molecule has 2 saturated carbocycles. The Bertz CT molecular complexity index is 1330. The molecular weight excluding hydrogens is 548 g/mol. The van der Waals surface area contributed by atoms with Gasteiger partial charge in [-0.2, -0.15) is 5.26 Å². The Balaban J connectivity index is 1.45. The summed E-state index contributed by atoms with van der Waals surface area (Å²) in [7, 11) is 0. The largest absolute Gasteiger partial charge is 0.391 e. The number of amides is 1. The van der Waals surface area contributed by atoms with Crippen molar-refractivity contribution in [3.05, 3.63) is 23.3 Å². The molecule has 0 aromatic rings. The molecule has 5 rings (SSSR count). The monoisotopic (exact) mass is 604 g/mol. The van der Waals surface area contributed by atoms with Crippen LogP contribution in [0.3, 0.4) is 0 Å². The van der Waals surface area contributed by atoms with E-state index < -0.39 is 16.9 Å². The van der Waals surface area contributed by atoms with Crippen molar-refractivity contribution in [2.24, 2.45) is 44.3 Å². The van der Waals surface area contributed by atoms with Crippen LogP contribution >= 0.6 is 0 Å². The molecule has 0 spiro atoms. The van der Waals surface area contributed by atoms with Crippen LogP contribution in [0.2, 0.25) is 0 Å². The molecule has 1 unspecified atom stereocenters. The number of likely N-dealkylation sites (tertiary alicyclic amines) is 1. The number of allylic oxidation sites excluding steroid dienone is 4. The van der Waals surface area contributed by atoms with Gasteiger partial charge in [0.1, 0.15) is 6.07 Å². The zero-order chi connectivity index (χ0) is 32.5. The molecule has 7 atom stereocenters. The van der Waals surface area contributed by atoms with Gasteiger partial charge in [-0.1, -0.05) is 67.0 Å². The van der Waals surface area contributed by atoms with Gasteiger partial charge >= 0.3 is 0 Å². The van der Waals surface area contributed by atoms with Gasteiger partial charge in [-0.15, -0.1) is 0 Å². The van der Waals surface area contributed by atoms with Gasteiger partial charge in [-0.25, -0.2) is 0 Å². The molecular formula is C38H56N2O4. The molecule has 44 heavy (non-hydrogen) atoms. The topological polar surface area (TPSA) is 98.5 Å². The average Bonchev–Trinajstić information content (AvgIpc) is 3.37. The minimum absolute atomic E-state index is 0.0293. The van der Waals surface area contributed by atoms with E-state index in [2.05, 4.69) is 47.6 Å². The second kappa shape index (κ2) is 10.9. The predicted octanol–water partition coefficient (Wildman–Crippen LogP) is 7.36. The molecule has 0 aromatic heterocycles. The van der Waals surface area contributed by atoms with Crippen LogP contribution in [0, 0.1) is 55.7 Å². The highest BCUT2D eigenvalue weighted by molar-refractivity contribution is 6.04. The molecule has 1 saturated heterocycles. The second-order valence-electron chi connectivity index (χ2n) is 17.6. The number of carbonyl (C=O) groups is 3. The van der Waals surface area contributed by atoms with E-state index in [1.54, 1.807) is 0 Å². The Morgan fingerprint density at radius 1 is 1.02 bits per heavy atom. The van der Waals surface area contributed by atoms with Crippen LogP contribution in [-0.2, 0) is 14.4 Å². The van der Waals surface area contributed by atoms with E-state index in [1.165, 1.54) is 0 Å². The van der Waals surface area contributed by atoms with E-state index >= 15 is 0 Å². The number of hydrogen-bond donors (Lipinski definition) is 1. The maximum absolute atomic E-state index is 13.6. The van der Waals surface area contributed by atoms with Gasteiger partial charge in [0, 0.05) is 36.8 Å². The van der Waals surface area contributed by atoms with E-state index in [9.17, 15) is 24.8 Å². The van der Waals surface area contributed by atoms with Crippen molar-refractivity contribution in [2.75, 3.05) is 13.1 Å². The first kappa shape index (κ1) is 33.1. The van der Waals surface area contributed by atoms with Gasteiger partial charge in [0.2, 0.25) is 5.91 Å².